The van der Waals surface area contributed by atoms with Crippen LogP contribution in [-0.2, 0) is 16.1 Å². The van der Waals surface area contributed by atoms with Gasteiger partial charge in [-0.15, -0.1) is 5.73 Å². The van der Waals surface area contributed by atoms with Gasteiger partial charge in [-0.05, 0) is 48.8 Å². The Morgan fingerprint density at radius 1 is 1.19 bits per heavy atom. The van der Waals surface area contributed by atoms with Gasteiger partial charge in [-0.25, -0.2) is 4.98 Å². The van der Waals surface area contributed by atoms with Crippen molar-refractivity contribution in [3.63, 3.8) is 0 Å². The van der Waals surface area contributed by atoms with E-state index in [1.165, 1.54) is 12.8 Å². The molecule has 3 fully saturated rings. The molecule has 192 valence electrons. The molecule has 1 aromatic heterocycles. The van der Waals surface area contributed by atoms with Crippen LogP contribution in [0.15, 0.2) is 41.1 Å². The highest BCUT2D eigenvalue weighted by molar-refractivity contribution is 6.08. The highest BCUT2D eigenvalue weighted by Crippen LogP contribution is 2.33. The molecule has 5 rings (SSSR count). The second-order valence-electron chi connectivity index (χ2n) is 10.9. The zero-order chi connectivity index (χ0) is 25.1. The fourth-order valence-corrected chi connectivity index (χ4v) is 5.30. The number of para-hydroxylation sites is 2. The number of ether oxygens (including phenoxy) is 1. The average molecular weight is 491 g/mol. The number of carbonyl (C=O) groups is 2. The van der Waals surface area contributed by atoms with Crippen LogP contribution in [0.2, 0.25) is 0 Å². The molecule has 0 unspecified atom stereocenters. The number of nitrogens with one attached hydrogen (secondary N) is 1. The largest absolute Gasteiger partial charge is 0.378 e. The van der Waals surface area contributed by atoms with Crippen molar-refractivity contribution in [2.24, 2.45) is 17.8 Å². The molecule has 1 N–H and O–H groups in total. The van der Waals surface area contributed by atoms with Gasteiger partial charge in [0.05, 0.1) is 30.2 Å². The van der Waals surface area contributed by atoms with E-state index in [9.17, 15) is 9.59 Å². The molecule has 1 aliphatic carbocycles. The Morgan fingerprint density at radius 3 is 2.72 bits per heavy atom. The molecule has 7 heteroatoms. The summed E-state index contributed by atoms with van der Waals surface area (Å²) < 4.78 is 7.52. The van der Waals surface area contributed by atoms with Crippen LogP contribution in [0, 0.1) is 17.8 Å². The maximum atomic E-state index is 14.0. The highest BCUT2D eigenvalue weighted by atomic mass is 16.5. The maximum Gasteiger partial charge on any atom is 0.232 e. The van der Waals surface area contributed by atoms with E-state index in [2.05, 4.69) is 35.5 Å². The minimum absolute atomic E-state index is 0.0372. The van der Waals surface area contributed by atoms with Crippen molar-refractivity contribution < 1.29 is 14.3 Å². The van der Waals surface area contributed by atoms with Gasteiger partial charge < -0.3 is 19.5 Å². The van der Waals surface area contributed by atoms with Gasteiger partial charge in [-0.3, -0.25) is 9.59 Å². The summed E-state index contributed by atoms with van der Waals surface area (Å²) in [6.07, 6.45) is 4.93. The number of imidazole rings is 1. The van der Waals surface area contributed by atoms with Crippen LogP contribution in [0.1, 0.15) is 56.6 Å². The first-order chi connectivity index (χ1) is 17.5. The van der Waals surface area contributed by atoms with E-state index >= 15 is 0 Å². The Hall–Kier alpha value is -2.73. The number of hydrogen-bond acceptors (Lipinski definition) is 5. The number of fused-ring (bicyclic) bond motifs is 1. The number of carbonyl (C=O) groups excluding carboxylic acids is 2. The van der Waals surface area contributed by atoms with E-state index in [1.54, 1.807) is 0 Å². The fourth-order valence-electron chi connectivity index (χ4n) is 5.30. The number of aromatic nitrogens is 2. The van der Waals surface area contributed by atoms with E-state index in [1.807, 2.05) is 23.1 Å². The Balaban J connectivity index is 1.45. The Bertz CT molecular complexity index is 1180. The first kappa shape index (κ1) is 24.9. The molecular formula is C29H38N4O3. The van der Waals surface area contributed by atoms with Gasteiger partial charge in [0.1, 0.15) is 0 Å². The second-order valence-corrected chi connectivity index (χ2v) is 10.9. The lowest BCUT2D eigenvalue weighted by molar-refractivity contribution is -0.139. The summed E-state index contributed by atoms with van der Waals surface area (Å²) >= 11 is 0. The number of amides is 1. The minimum Gasteiger partial charge on any atom is -0.378 e. The third-order valence-corrected chi connectivity index (χ3v) is 7.42. The summed E-state index contributed by atoms with van der Waals surface area (Å²) in [5.41, 5.74) is 7.05. The van der Waals surface area contributed by atoms with E-state index in [-0.39, 0.29) is 17.6 Å². The predicted octanol–water partition coefficient (Wildman–Crippen LogP) is 3.99. The standard InChI is InChI=1S/C29H38N4O3/c1-20(2)15-23(16-22-17-24(19-30-18-22)29(35)32-11-13-36-14-12-32)27(34)28-31-25-5-3-4-6-26(25)33(28)10-9-21-7-8-21/h3-6,20-21,24,30H,7-15,17-19H2,1-2H3/t16?,24-/m1/s1. The number of morpholine rings is 1. The summed E-state index contributed by atoms with van der Waals surface area (Å²) in [7, 11) is 0. The number of Topliss-reactive ketones (excluding diaryl/α,β-unsaturated/α-hetero) is 1. The predicted molar refractivity (Wildman–Crippen MR) is 140 cm³/mol. The molecule has 3 heterocycles. The van der Waals surface area contributed by atoms with Crippen LogP contribution in [0.5, 0.6) is 0 Å². The monoisotopic (exact) mass is 490 g/mol. The fraction of sp³-hybridized carbons (Fsp3) is 0.586. The zero-order valence-corrected chi connectivity index (χ0v) is 21.6. The van der Waals surface area contributed by atoms with Crippen LogP contribution in [-0.4, -0.2) is 65.5 Å². The van der Waals surface area contributed by atoms with Crippen molar-refractivity contribution in [2.75, 3.05) is 39.4 Å². The lowest BCUT2D eigenvalue weighted by Gasteiger charge is -2.32. The van der Waals surface area contributed by atoms with Crippen molar-refractivity contribution in [3.05, 3.63) is 47.0 Å². The minimum atomic E-state index is -0.127. The Labute approximate surface area is 213 Å². The lowest BCUT2D eigenvalue weighted by Crippen LogP contribution is -2.47. The molecule has 36 heavy (non-hydrogen) atoms. The number of rotatable bonds is 8. The molecule has 1 aromatic carbocycles. The molecule has 1 atom stereocenters. The average Bonchev–Trinajstić information content (AvgIpc) is 3.65. The second kappa shape index (κ2) is 11.1. The normalized spacial score (nSPS) is 20.6. The summed E-state index contributed by atoms with van der Waals surface area (Å²) in [4.78, 5) is 33.8. The van der Waals surface area contributed by atoms with Crippen LogP contribution in [0.25, 0.3) is 11.0 Å². The van der Waals surface area contributed by atoms with Gasteiger partial charge in [0.25, 0.3) is 0 Å². The smallest absolute Gasteiger partial charge is 0.232 e. The number of aryl methyl sites for hydroxylation is 1. The number of piperidine rings is 1. The van der Waals surface area contributed by atoms with E-state index < -0.39 is 0 Å². The first-order valence-corrected chi connectivity index (χ1v) is 13.5. The SMILES string of the molecule is CC(C)CC(=C=C1CNC[C@H](C(=O)N2CCOCC2)C1)C(=O)c1nc2ccccc2n1CCC1CC1. The molecule has 0 radical (unpaired) electrons. The third kappa shape index (κ3) is 5.80. The summed E-state index contributed by atoms with van der Waals surface area (Å²) in [5, 5.41) is 3.39. The van der Waals surface area contributed by atoms with Crippen molar-refractivity contribution >= 4 is 22.7 Å². The molecule has 2 aromatic rings. The Morgan fingerprint density at radius 2 is 1.97 bits per heavy atom. The van der Waals surface area contributed by atoms with Gasteiger partial charge >= 0.3 is 0 Å². The van der Waals surface area contributed by atoms with Gasteiger partial charge in [-0.2, -0.15) is 0 Å². The van der Waals surface area contributed by atoms with Crippen molar-refractivity contribution in [1.82, 2.24) is 19.8 Å². The molecule has 2 aliphatic heterocycles. The molecule has 0 bridgehead atoms. The van der Waals surface area contributed by atoms with E-state index in [0.717, 1.165) is 35.5 Å². The van der Waals surface area contributed by atoms with Crippen LogP contribution >= 0.6 is 0 Å². The van der Waals surface area contributed by atoms with E-state index in [0.29, 0.717) is 69.5 Å². The lowest BCUT2D eigenvalue weighted by atomic mass is 9.92. The van der Waals surface area contributed by atoms with Crippen molar-refractivity contribution in [1.29, 1.82) is 0 Å². The molecule has 0 spiro atoms. The highest BCUT2D eigenvalue weighted by Gasteiger charge is 2.30. The number of hydrogen-bond donors (Lipinski definition) is 1. The molecule has 7 nitrogen and oxygen atoms in total. The Kier molecular flexibility index (Phi) is 7.70. The topological polar surface area (TPSA) is 76.5 Å². The molecular weight excluding hydrogens is 452 g/mol. The first-order valence-electron chi connectivity index (χ1n) is 13.5. The quantitative estimate of drug-likeness (QED) is 0.344. The van der Waals surface area contributed by atoms with Gasteiger partial charge in [0.15, 0.2) is 5.82 Å². The van der Waals surface area contributed by atoms with Crippen LogP contribution in [0.3, 0.4) is 0 Å². The molecule has 1 saturated carbocycles. The number of nitrogens with zero attached hydrogens (tertiary/aromatic N) is 3. The third-order valence-electron chi connectivity index (χ3n) is 7.42. The van der Waals surface area contributed by atoms with Crippen molar-refractivity contribution in [2.45, 2.75) is 52.5 Å². The van der Waals surface area contributed by atoms with Crippen LogP contribution in [0.4, 0.5) is 0 Å². The molecule has 1 amide bonds. The van der Waals surface area contributed by atoms with E-state index in [4.69, 9.17) is 9.72 Å². The maximum absolute atomic E-state index is 14.0. The number of ketones is 1. The van der Waals surface area contributed by atoms with Gasteiger partial charge in [0, 0.05) is 38.3 Å². The van der Waals surface area contributed by atoms with Gasteiger partial charge in [0.2, 0.25) is 11.7 Å². The summed E-state index contributed by atoms with van der Waals surface area (Å²) in [6, 6.07) is 8.03. The molecule has 3 aliphatic rings. The summed E-state index contributed by atoms with van der Waals surface area (Å²) in [6.45, 7) is 8.88. The van der Waals surface area contributed by atoms with Gasteiger partial charge in [-0.1, -0.05) is 38.8 Å². The zero-order valence-electron chi connectivity index (χ0n) is 21.6. The van der Waals surface area contributed by atoms with Crippen molar-refractivity contribution in [3.8, 4) is 0 Å². The summed E-state index contributed by atoms with van der Waals surface area (Å²) in [5.74, 6) is 1.61. The van der Waals surface area contributed by atoms with Crippen LogP contribution < -0.4 is 5.32 Å². The number of benzene rings is 1. The molecule has 2 saturated heterocycles.